The van der Waals surface area contributed by atoms with Crippen molar-refractivity contribution in [2.24, 2.45) is 0 Å². The monoisotopic (exact) mass is 455 g/mol. The van der Waals surface area contributed by atoms with E-state index in [1.165, 1.54) is 19.3 Å². The predicted octanol–water partition coefficient (Wildman–Crippen LogP) is 4.44. The number of alkyl halides is 2. The molecule has 1 N–H and O–H groups in total. The van der Waals surface area contributed by atoms with Crippen molar-refractivity contribution < 1.29 is 27.8 Å². The van der Waals surface area contributed by atoms with E-state index in [2.05, 4.69) is 26.0 Å². The van der Waals surface area contributed by atoms with Crippen molar-refractivity contribution in [3.05, 3.63) is 58.1 Å². The minimum atomic E-state index is -2.94. The van der Waals surface area contributed by atoms with E-state index in [0.717, 1.165) is 15.6 Å². The zero-order valence-electron chi connectivity index (χ0n) is 15.4. The quantitative estimate of drug-likeness (QED) is 0.567. The largest absolute Gasteiger partial charge is 0.496 e. The van der Waals surface area contributed by atoms with E-state index in [4.69, 9.17) is 9.47 Å². The van der Waals surface area contributed by atoms with Gasteiger partial charge >= 0.3 is 6.61 Å². The lowest BCUT2D eigenvalue weighted by atomic mass is 10.1. The number of benzene rings is 2. The Bertz CT molecular complexity index is 843. The third kappa shape index (κ3) is 6.53. The molecule has 0 radical (unpaired) electrons. The molecule has 0 heterocycles. The number of amides is 1. The summed E-state index contributed by atoms with van der Waals surface area (Å²) in [5.41, 5.74) is 1.49. The van der Waals surface area contributed by atoms with Gasteiger partial charge in [0.05, 0.1) is 14.2 Å². The van der Waals surface area contributed by atoms with Crippen LogP contribution in [-0.2, 0) is 11.2 Å². The summed E-state index contributed by atoms with van der Waals surface area (Å²) in [4.78, 5) is 12.0. The summed E-state index contributed by atoms with van der Waals surface area (Å²) in [6.07, 6.45) is 3.51. The molecule has 0 saturated heterocycles. The lowest BCUT2D eigenvalue weighted by molar-refractivity contribution is -0.116. The van der Waals surface area contributed by atoms with Gasteiger partial charge in [-0.15, -0.1) is 0 Å². The molecule has 28 heavy (non-hydrogen) atoms. The lowest BCUT2D eigenvalue weighted by Crippen LogP contribution is -2.23. The van der Waals surface area contributed by atoms with Crippen molar-refractivity contribution in [1.82, 2.24) is 5.32 Å². The molecule has 2 aromatic rings. The van der Waals surface area contributed by atoms with E-state index in [0.29, 0.717) is 18.7 Å². The first-order chi connectivity index (χ1) is 13.4. The summed E-state index contributed by atoms with van der Waals surface area (Å²) < 4.78 is 40.5. The SMILES string of the molecule is COc1ccc(Br)cc1/C=C/C(=O)NCCc1ccc(OC)c(OC(F)F)c1. The molecule has 150 valence electrons. The van der Waals surface area contributed by atoms with Crippen molar-refractivity contribution >= 4 is 27.9 Å². The molecule has 0 aromatic heterocycles. The second-order valence-corrected chi connectivity index (χ2v) is 6.54. The molecular weight excluding hydrogens is 436 g/mol. The predicted molar refractivity (Wildman–Crippen MR) is 106 cm³/mol. The molecule has 0 aliphatic carbocycles. The van der Waals surface area contributed by atoms with Crippen molar-refractivity contribution in [3.8, 4) is 17.2 Å². The maximum atomic E-state index is 12.5. The summed E-state index contributed by atoms with van der Waals surface area (Å²) in [5.74, 6) is 0.554. The summed E-state index contributed by atoms with van der Waals surface area (Å²) in [5, 5.41) is 2.74. The number of methoxy groups -OCH3 is 2. The molecule has 0 fully saturated rings. The molecule has 0 bridgehead atoms. The Morgan fingerprint density at radius 3 is 2.50 bits per heavy atom. The van der Waals surface area contributed by atoms with Crippen molar-refractivity contribution in [3.63, 3.8) is 0 Å². The Kier molecular flexibility index (Phi) is 8.25. The van der Waals surface area contributed by atoms with Crippen LogP contribution in [0, 0.1) is 0 Å². The number of hydrogen-bond acceptors (Lipinski definition) is 4. The molecule has 0 aliphatic rings. The Morgan fingerprint density at radius 2 is 1.82 bits per heavy atom. The van der Waals surface area contributed by atoms with E-state index >= 15 is 0 Å². The minimum absolute atomic E-state index is 0.0389. The van der Waals surface area contributed by atoms with E-state index in [1.807, 2.05) is 12.1 Å². The van der Waals surface area contributed by atoms with Gasteiger partial charge in [0.1, 0.15) is 5.75 Å². The molecule has 0 unspecified atom stereocenters. The molecule has 2 rings (SSSR count). The third-order valence-corrected chi connectivity index (χ3v) is 4.26. The number of carbonyl (C=O) groups is 1. The van der Waals surface area contributed by atoms with Crippen molar-refractivity contribution in [1.29, 1.82) is 0 Å². The lowest BCUT2D eigenvalue weighted by Gasteiger charge is -2.11. The van der Waals surface area contributed by atoms with Crippen LogP contribution in [0.3, 0.4) is 0 Å². The number of carbonyl (C=O) groups excluding carboxylic acids is 1. The minimum Gasteiger partial charge on any atom is -0.496 e. The van der Waals surface area contributed by atoms with Gasteiger partial charge in [0.15, 0.2) is 11.5 Å². The Labute approximate surface area is 170 Å². The van der Waals surface area contributed by atoms with Crippen LogP contribution in [0.15, 0.2) is 46.9 Å². The standard InChI is InChI=1S/C20H20BrF2NO4/c1-26-16-7-5-15(21)12-14(16)4-8-19(25)24-10-9-13-3-6-17(27-2)18(11-13)28-20(22)23/h3-8,11-12,20H,9-10H2,1-2H3,(H,24,25)/b8-4+. The molecule has 5 nitrogen and oxygen atoms in total. The fourth-order valence-corrected chi connectivity index (χ4v) is 2.83. The third-order valence-electron chi connectivity index (χ3n) is 3.76. The van der Waals surface area contributed by atoms with Gasteiger partial charge in [0.2, 0.25) is 5.91 Å². The highest BCUT2D eigenvalue weighted by atomic mass is 79.9. The molecule has 2 aromatic carbocycles. The summed E-state index contributed by atoms with van der Waals surface area (Å²) in [7, 11) is 2.93. The maximum Gasteiger partial charge on any atom is 0.387 e. The first kappa shape index (κ1) is 21.7. The van der Waals surface area contributed by atoms with E-state index in [-0.39, 0.29) is 17.4 Å². The molecule has 0 saturated carbocycles. The van der Waals surface area contributed by atoms with Crippen LogP contribution in [0.2, 0.25) is 0 Å². The molecule has 8 heteroatoms. The summed E-state index contributed by atoms with van der Waals surface area (Å²) in [6.45, 7) is -2.61. The van der Waals surface area contributed by atoms with Crippen LogP contribution in [-0.4, -0.2) is 33.3 Å². The van der Waals surface area contributed by atoms with E-state index in [9.17, 15) is 13.6 Å². The fraction of sp³-hybridized carbons (Fsp3) is 0.250. The average Bonchev–Trinajstić information content (AvgIpc) is 2.66. The second kappa shape index (κ2) is 10.7. The Morgan fingerprint density at radius 1 is 1.11 bits per heavy atom. The first-order valence-corrected chi connectivity index (χ1v) is 9.13. The highest BCUT2D eigenvalue weighted by Crippen LogP contribution is 2.29. The molecule has 0 atom stereocenters. The molecule has 0 spiro atoms. The molecule has 0 aliphatic heterocycles. The number of ether oxygens (including phenoxy) is 3. The van der Waals surface area contributed by atoms with Crippen LogP contribution in [0.4, 0.5) is 8.78 Å². The number of halogens is 3. The van der Waals surface area contributed by atoms with Crippen LogP contribution in [0.5, 0.6) is 17.2 Å². The Hall–Kier alpha value is -2.61. The highest BCUT2D eigenvalue weighted by molar-refractivity contribution is 9.10. The smallest absolute Gasteiger partial charge is 0.387 e. The van der Waals surface area contributed by atoms with E-state index < -0.39 is 6.61 Å². The molecule has 1 amide bonds. The van der Waals surface area contributed by atoms with Gasteiger partial charge in [-0.2, -0.15) is 8.78 Å². The van der Waals surface area contributed by atoms with Crippen LogP contribution < -0.4 is 19.5 Å². The van der Waals surface area contributed by atoms with Gasteiger partial charge in [-0.05, 0) is 48.4 Å². The van der Waals surface area contributed by atoms with Gasteiger partial charge in [0.25, 0.3) is 0 Å². The molecular formula is C20H20BrF2NO4. The zero-order valence-corrected chi connectivity index (χ0v) is 17.0. The van der Waals surface area contributed by atoms with E-state index in [1.54, 1.807) is 31.4 Å². The van der Waals surface area contributed by atoms with Crippen LogP contribution >= 0.6 is 15.9 Å². The van der Waals surface area contributed by atoms with Gasteiger partial charge in [0, 0.05) is 22.7 Å². The number of hydrogen-bond donors (Lipinski definition) is 1. The highest BCUT2D eigenvalue weighted by Gasteiger charge is 2.11. The van der Waals surface area contributed by atoms with Gasteiger partial charge in [-0.25, -0.2) is 0 Å². The first-order valence-electron chi connectivity index (χ1n) is 8.34. The van der Waals surface area contributed by atoms with Crippen molar-refractivity contribution in [2.45, 2.75) is 13.0 Å². The van der Waals surface area contributed by atoms with Crippen LogP contribution in [0.25, 0.3) is 6.08 Å². The number of nitrogens with one attached hydrogen (secondary N) is 1. The average molecular weight is 456 g/mol. The fourth-order valence-electron chi connectivity index (χ4n) is 2.45. The van der Waals surface area contributed by atoms with Gasteiger partial charge in [-0.1, -0.05) is 22.0 Å². The van der Waals surface area contributed by atoms with Gasteiger partial charge in [-0.3, -0.25) is 4.79 Å². The summed E-state index contributed by atoms with van der Waals surface area (Å²) in [6, 6.07) is 10.2. The number of rotatable bonds is 9. The van der Waals surface area contributed by atoms with Crippen LogP contribution in [0.1, 0.15) is 11.1 Å². The van der Waals surface area contributed by atoms with Gasteiger partial charge < -0.3 is 19.5 Å². The Balaban J connectivity index is 1.92. The summed E-state index contributed by atoms with van der Waals surface area (Å²) >= 11 is 3.38. The maximum absolute atomic E-state index is 12.5. The second-order valence-electron chi connectivity index (χ2n) is 5.62. The topological polar surface area (TPSA) is 56.8 Å². The normalized spacial score (nSPS) is 10.9. The zero-order chi connectivity index (χ0) is 20.5. The van der Waals surface area contributed by atoms with Crippen molar-refractivity contribution in [2.75, 3.05) is 20.8 Å².